The van der Waals surface area contributed by atoms with E-state index in [1.165, 1.54) is 32.1 Å². The van der Waals surface area contributed by atoms with Crippen molar-refractivity contribution in [3.63, 3.8) is 0 Å². The van der Waals surface area contributed by atoms with Crippen LogP contribution in [0, 0.1) is 5.92 Å². The number of carbonyl (C=O) groups excluding carboxylic acids is 2. The number of benzene rings is 2. The van der Waals surface area contributed by atoms with Crippen LogP contribution in [0.15, 0.2) is 47.0 Å². The van der Waals surface area contributed by atoms with Crippen LogP contribution in [-0.2, 0) is 0 Å². The molecule has 2 aliphatic carbocycles. The van der Waals surface area contributed by atoms with Gasteiger partial charge in [-0.1, -0.05) is 55.3 Å². The van der Waals surface area contributed by atoms with Crippen LogP contribution < -0.4 is 0 Å². The third kappa shape index (κ3) is 2.28. The molecule has 132 valence electrons. The van der Waals surface area contributed by atoms with Crippen molar-refractivity contribution in [2.75, 3.05) is 7.05 Å². The molecule has 1 heterocycles. The van der Waals surface area contributed by atoms with E-state index in [1.54, 1.807) is 11.8 Å². The average molecular weight is 363 g/mol. The molecule has 4 heteroatoms. The van der Waals surface area contributed by atoms with Gasteiger partial charge in [-0.2, -0.15) is 0 Å². The predicted molar refractivity (Wildman–Crippen MR) is 105 cm³/mol. The van der Waals surface area contributed by atoms with E-state index in [2.05, 4.69) is 4.90 Å². The maximum Gasteiger partial charge on any atom is 0.211 e. The molecule has 26 heavy (non-hydrogen) atoms. The van der Waals surface area contributed by atoms with Crippen LogP contribution in [0.5, 0.6) is 0 Å². The SMILES string of the molecule is CN1C2=C(SC1C1CCCCC1)C(=O)c1cc3ccccc3cc1C2=O. The Balaban J connectivity index is 1.57. The molecular formula is C22H21NO2S. The average Bonchev–Trinajstić information content (AvgIpc) is 3.03. The van der Waals surface area contributed by atoms with Crippen molar-refractivity contribution in [3.05, 3.63) is 58.1 Å². The standard InChI is InChI=1S/C22H21NO2S/c1-23-18-19(24)16-11-14-9-5-6-10-15(14)12-17(16)20(25)21(18)26-22(23)13-7-3-2-4-8-13/h5-6,9-13,22H,2-4,7-8H2,1H3. The highest BCUT2D eigenvalue weighted by molar-refractivity contribution is 8.04. The Bertz CT molecular complexity index is 971. The normalized spacial score (nSPS) is 23.6. The molecule has 3 nitrogen and oxygen atoms in total. The fourth-order valence-corrected chi connectivity index (χ4v) is 6.20. The van der Waals surface area contributed by atoms with E-state index in [9.17, 15) is 9.59 Å². The van der Waals surface area contributed by atoms with Gasteiger partial charge in [0.25, 0.3) is 0 Å². The summed E-state index contributed by atoms with van der Waals surface area (Å²) in [5.41, 5.74) is 1.75. The van der Waals surface area contributed by atoms with Crippen molar-refractivity contribution < 1.29 is 9.59 Å². The quantitative estimate of drug-likeness (QED) is 0.713. The molecule has 1 unspecified atom stereocenters. The minimum atomic E-state index is 0.00802. The van der Waals surface area contributed by atoms with Crippen LogP contribution in [0.3, 0.4) is 0 Å². The summed E-state index contributed by atoms with van der Waals surface area (Å²) in [5, 5.41) is 2.24. The Kier molecular flexibility index (Phi) is 3.71. The molecular weight excluding hydrogens is 342 g/mol. The largest absolute Gasteiger partial charge is 0.358 e. The zero-order valence-electron chi connectivity index (χ0n) is 14.8. The fraction of sp³-hybridized carbons (Fsp3) is 0.364. The zero-order chi connectivity index (χ0) is 17.8. The third-order valence-corrected chi connectivity index (χ3v) is 7.59. The van der Waals surface area contributed by atoms with Crippen LogP contribution in [0.1, 0.15) is 52.8 Å². The Morgan fingerprint density at radius 1 is 0.923 bits per heavy atom. The van der Waals surface area contributed by atoms with Crippen molar-refractivity contribution in [2.45, 2.75) is 37.5 Å². The molecule has 1 saturated carbocycles. The fourth-order valence-electron chi connectivity index (χ4n) is 4.67. The van der Waals surface area contributed by atoms with Crippen LogP contribution in [0.25, 0.3) is 10.8 Å². The van der Waals surface area contributed by atoms with Gasteiger partial charge in [-0.15, -0.1) is 0 Å². The second-order valence-electron chi connectivity index (χ2n) is 7.60. The number of allylic oxidation sites excluding steroid dienone is 2. The lowest BCUT2D eigenvalue weighted by molar-refractivity contribution is 0.0950. The van der Waals surface area contributed by atoms with Gasteiger partial charge in [0, 0.05) is 18.2 Å². The number of rotatable bonds is 1. The van der Waals surface area contributed by atoms with E-state index in [-0.39, 0.29) is 16.9 Å². The molecule has 3 aliphatic rings. The smallest absolute Gasteiger partial charge is 0.211 e. The number of likely N-dealkylation sites (N-methyl/N-ethyl adjacent to an activating group) is 1. The monoisotopic (exact) mass is 363 g/mol. The van der Waals surface area contributed by atoms with E-state index in [4.69, 9.17) is 0 Å². The number of thioether (sulfide) groups is 1. The molecule has 0 bridgehead atoms. The van der Waals surface area contributed by atoms with E-state index in [1.807, 2.05) is 43.4 Å². The minimum absolute atomic E-state index is 0.00802. The van der Waals surface area contributed by atoms with Gasteiger partial charge in [0.1, 0.15) is 5.70 Å². The Labute approximate surface area is 157 Å². The first-order valence-corrected chi connectivity index (χ1v) is 10.3. The first kappa shape index (κ1) is 16.1. The molecule has 0 aromatic heterocycles. The van der Waals surface area contributed by atoms with Crippen LogP contribution in [-0.4, -0.2) is 28.9 Å². The minimum Gasteiger partial charge on any atom is -0.358 e. The molecule has 2 aromatic rings. The summed E-state index contributed by atoms with van der Waals surface area (Å²) in [7, 11) is 1.99. The maximum atomic E-state index is 13.3. The highest BCUT2D eigenvalue weighted by Crippen LogP contribution is 2.48. The van der Waals surface area contributed by atoms with Crippen molar-refractivity contribution in [1.82, 2.24) is 4.90 Å². The molecule has 0 radical (unpaired) electrons. The maximum absolute atomic E-state index is 13.3. The van der Waals surface area contributed by atoms with Gasteiger partial charge in [-0.05, 0) is 41.7 Å². The lowest BCUT2D eigenvalue weighted by Crippen LogP contribution is -2.35. The first-order valence-electron chi connectivity index (χ1n) is 9.41. The molecule has 0 amide bonds. The molecule has 1 fully saturated rings. The Morgan fingerprint density at radius 2 is 1.54 bits per heavy atom. The highest BCUT2D eigenvalue weighted by atomic mass is 32.2. The number of carbonyl (C=O) groups is 2. The summed E-state index contributed by atoms with van der Waals surface area (Å²) in [5.74, 6) is 0.594. The molecule has 0 spiro atoms. The van der Waals surface area contributed by atoms with Gasteiger partial charge in [-0.3, -0.25) is 9.59 Å². The lowest BCUT2D eigenvalue weighted by Gasteiger charge is -2.33. The highest BCUT2D eigenvalue weighted by Gasteiger charge is 2.45. The first-order chi connectivity index (χ1) is 12.6. The Morgan fingerprint density at radius 3 is 2.19 bits per heavy atom. The second kappa shape index (κ2) is 5.98. The van der Waals surface area contributed by atoms with Crippen LogP contribution in [0.2, 0.25) is 0 Å². The van der Waals surface area contributed by atoms with Crippen molar-refractivity contribution in [1.29, 1.82) is 0 Å². The van der Waals surface area contributed by atoms with E-state index in [0.29, 0.717) is 27.6 Å². The van der Waals surface area contributed by atoms with Gasteiger partial charge in [0.15, 0.2) is 0 Å². The van der Waals surface area contributed by atoms with Gasteiger partial charge in [0.05, 0.1) is 10.3 Å². The lowest BCUT2D eigenvalue weighted by atomic mass is 9.87. The van der Waals surface area contributed by atoms with Crippen LogP contribution in [0.4, 0.5) is 0 Å². The molecule has 0 saturated heterocycles. The number of hydrogen-bond acceptors (Lipinski definition) is 4. The van der Waals surface area contributed by atoms with Gasteiger partial charge in [0.2, 0.25) is 11.6 Å². The van der Waals surface area contributed by atoms with Crippen molar-refractivity contribution >= 4 is 34.1 Å². The van der Waals surface area contributed by atoms with Crippen LogP contribution >= 0.6 is 11.8 Å². The van der Waals surface area contributed by atoms with E-state index >= 15 is 0 Å². The molecule has 2 aromatic carbocycles. The summed E-state index contributed by atoms with van der Waals surface area (Å²) in [4.78, 5) is 29.2. The second-order valence-corrected chi connectivity index (χ2v) is 8.73. The van der Waals surface area contributed by atoms with Gasteiger partial charge in [-0.25, -0.2) is 0 Å². The number of hydrogen-bond donors (Lipinski definition) is 0. The van der Waals surface area contributed by atoms with E-state index < -0.39 is 0 Å². The van der Waals surface area contributed by atoms with Gasteiger partial charge >= 0.3 is 0 Å². The number of ketones is 2. The summed E-state index contributed by atoms with van der Waals surface area (Å²) < 4.78 is 0. The molecule has 1 aliphatic heterocycles. The summed E-state index contributed by atoms with van der Waals surface area (Å²) >= 11 is 1.63. The zero-order valence-corrected chi connectivity index (χ0v) is 15.6. The van der Waals surface area contributed by atoms with E-state index in [0.717, 1.165) is 10.8 Å². The topological polar surface area (TPSA) is 37.4 Å². The molecule has 1 atom stereocenters. The number of nitrogens with zero attached hydrogens (tertiary/aromatic N) is 1. The molecule has 5 rings (SSSR count). The summed E-state index contributed by atoms with van der Waals surface area (Å²) in [6, 6.07) is 11.7. The van der Waals surface area contributed by atoms with Gasteiger partial charge < -0.3 is 4.90 Å². The third-order valence-electron chi connectivity index (χ3n) is 6.04. The molecule has 0 N–H and O–H groups in total. The summed E-state index contributed by atoms with van der Waals surface area (Å²) in [6.07, 6.45) is 6.21. The number of Topliss-reactive ketones (excluding diaryl/α,β-unsaturated/α-hetero) is 2. The van der Waals surface area contributed by atoms with Crippen molar-refractivity contribution in [2.24, 2.45) is 5.92 Å². The van der Waals surface area contributed by atoms with Crippen molar-refractivity contribution in [3.8, 4) is 0 Å². The Hall–Kier alpha value is -2.07. The number of fused-ring (bicyclic) bond motifs is 2. The summed E-state index contributed by atoms with van der Waals surface area (Å²) in [6.45, 7) is 0. The predicted octanol–water partition coefficient (Wildman–Crippen LogP) is 5.02.